The molecule has 1 saturated heterocycles. The Morgan fingerprint density at radius 2 is 2.26 bits per heavy atom. The average molecular weight is 259 g/mol. The maximum absolute atomic E-state index is 10.2. The molecule has 0 aromatic carbocycles. The first-order valence-electron chi connectivity index (χ1n) is 6.93. The number of nitrogens with zero attached hydrogens (tertiary/aromatic N) is 3. The van der Waals surface area contributed by atoms with Gasteiger partial charge < -0.3 is 9.51 Å². The van der Waals surface area contributed by atoms with Crippen molar-refractivity contribution in [1.29, 1.82) is 0 Å². The van der Waals surface area contributed by atoms with Crippen molar-refractivity contribution in [2.45, 2.75) is 44.9 Å². The summed E-state index contributed by atoms with van der Waals surface area (Å²) in [5.74, 6) is 0. The van der Waals surface area contributed by atoms with Crippen molar-refractivity contribution >= 4 is 5.65 Å². The van der Waals surface area contributed by atoms with Crippen LogP contribution in [0, 0.1) is 0 Å². The molecule has 0 spiro atoms. The van der Waals surface area contributed by atoms with Crippen molar-refractivity contribution in [3.05, 3.63) is 36.3 Å². The zero-order valence-corrected chi connectivity index (χ0v) is 11.6. The smallest absolute Gasteiger partial charge is 0.137 e. The van der Waals surface area contributed by atoms with Crippen LogP contribution in [0.25, 0.3) is 5.65 Å². The summed E-state index contributed by atoms with van der Waals surface area (Å²) in [6.07, 6.45) is 6.32. The topological polar surface area (TPSA) is 40.8 Å². The van der Waals surface area contributed by atoms with E-state index in [4.69, 9.17) is 0 Å². The molecule has 3 heterocycles. The second-order valence-electron chi connectivity index (χ2n) is 5.98. The van der Waals surface area contributed by atoms with Crippen LogP contribution in [0.4, 0.5) is 0 Å². The minimum atomic E-state index is -0.643. The molecular formula is C15H21N3O. The number of hydrogen-bond donors (Lipinski definition) is 1. The van der Waals surface area contributed by atoms with E-state index in [2.05, 4.69) is 16.1 Å². The fourth-order valence-corrected chi connectivity index (χ4v) is 3.09. The van der Waals surface area contributed by atoms with Crippen LogP contribution >= 0.6 is 0 Å². The maximum atomic E-state index is 10.2. The van der Waals surface area contributed by atoms with Crippen LogP contribution in [0.15, 0.2) is 30.6 Å². The van der Waals surface area contributed by atoms with Gasteiger partial charge in [-0.2, -0.15) is 0 Å². The molecule has 3 rings (SSSR count). The summed E-state index contributed by atoms with van der Waals surface area (Å²) in [6.45, 7) is 5.66. The lowest BCUT2D eigenvalue weighted by atomic mass is 9.96. The van der Waals surface area contributed by atoms with Crippen LogP contribution in [-0.2, 0) is 6.54 Å². The normalized spacial score (nSPS) is 21.3. The van der Waals surface area contributed by atoms with Gasteiger partial charge in [0.05, 0.1) is 11.3 Å². The van der Waals surface area contributed by atoms with Crippen molar-refractivity contribution in [2.75, 3.05) is 6.54 Å². The number of likely N-dealkylation sites (tertiary alicyclic amines) is 1. The molecule has 1 atom stereocenters. The molecule has 1 unspecified atom stereocenters. The lowest BCUT2D eigenvalue weighted by Crippen LogP contribution is -2.45. The van der Waals surface area contributed by atoms with Crippen molar-refractivity contribution in [3.63, 3.8) is 0 Å². The number of aromatic nitrogens is 2. The molecule has 0 radical (unpaired) electrons. The van der Waals surface area contributed by atoms with Gasteiger partial charge >= 0.3 is 0 Å². The number of imidazole rings is 1. The Bertz CT molecular complexity index is 537. The highest BCUT2D eigenvalue weighted by Crippen LogP contribution is 2.28. The van der Waals surface area contributed by atoms with Gasteiger partial charge in [0.15, 0.2) is 0 Å². The molecule has 1 fully saturated rings. The van der Waals surface area contributed by atoms with E-state index in [0.29, 0.717) is 0 Å². The Hall–Kier alpha value is -1.39. The molecule has 1 aliphatic rings. The second-order valence-corrected chi connectivity index (χ2v) is 5.98. The van der Waals surface area contributed by atoms with Gasteiger partial charge in [-0.1, -0.05) is 6.07 Å². The number of aliphatic hydroxyl groups is 1. The van der Waals surface area contributed by atoms with Crippen LogP contribution in [0.5, 0.6) is 0 Å². The molecule has 1 N–H and O–H groups in total. The van der Waals surface area contributed by atoms with Crippen LogP contribution in [0.1, 0.15) is 32.4 Å². The van der Waals surface area contributed by atoms with Gasteiger partial charge in [-0.3, -0.25) is 4.90 Å². The first-order chi connectivity index (χ1) is 9.04. The van der Waals surface area contributed by atoms with Gasteiger partial charge in [-0.05, 0) is 45.4 Å². The fraction of sp³-hybridized carbons (Fsp3) is 0.533. The number of fused-ring (bicyclic) bond motifs is 1. The Kier molecular flexibility index (Phi) is 3.07. The van der Waals surface area contributed by atoms with Crippen LogP contribution in [0.2, 0.25) is 0 Å². The van der Waals surface area contributed by atoms with E-state index in [1.54, 1.807) is 0 Å². The first kappa shape index (κ1) is 12.6. The largest absolute Gasteiger partial charge is 0.389 e. The third-order valence-corrected chi connectivity index (χ3v) is 3.96. The molecule has 19 heavy (non-hydrogen) atoms. The predicted molar refractivity (Wildman–Crippen MR) is 74.9 cm³/mol. The number of pyridine rings is 1. The lowest BCUT2D eigenvalue weighted by Gasteiger charge is -2.33. The Morgan fingerprint density at radius 1 is 1.42 bits per heavy atom. The molecule has 4 heteroatoms. The van der Waals surface area contributed by atoms with Crippen molar-refractivity contribution in [2.24, 2.45) is 0 Å². The summed E-state index contributed by atoms with van der Waals surface area (Å²) < 4.78 is 2.05. The number of rotatable bonds is 3. The van der Waals surface area contributed by atoms with Crippen LogP contribution < -0.4 is 0 Å². The summed E-state index contributed by atoms with van der Waals surface area (Å²) in [6, 6.07) is 6.26. The molecule has 0 bridgehead atoms. The molecule has 0 aliphatic carbocycles. The van der Waals surface area contributed by atoms with Crippen LogP contribution in [-0.4, -0.2) is 37.6 Å². The molecule has 4 nitrogen and oxygen atoms in total. The maximum Gasteiger partial charge on any atom is 0.137 e. The molecule has 102 valence electrons. The van der Waals surface area contributed by atoms with E-state index in [1.807, 2.05) is 42.6 Å². The van der Waals surface area contributed by atoms with Gasteiger partial charge in [0.25, 0.3) is 0 Å². The summed E-state index contributed by atoms with van der Waals surface area (Å²) in [4.78, 5) is 6.98. The molecule has 1 aliphatic heterocycles. The van der Waals surface area contributed by atoms with E-state index in [0.717, 1.165) is 37.3 Å². The second kappa shape index (κ2) is 4.62. The van der Waals surface area contributed by atoms with Crippen molar-refractivity contribution < 1.29 is 5.11 Å². The van der Waals surface area contributed by atoms with E-state index < -0.39 is 5.60 Å². The van der Waals surface area contributed by atoms with E-state index in [-0.39, 0.29) is 6.04 Å². The quantitative estimate of drug-likeness (QED) is 0.917. The molecule has 0 amide bonds. The lowest BCUT2D eigenvalue weighted by molar-refractivity contribution is -0.00532. The Morgan fingerprint density at radius 3 is 3.00 bits per heavy atom. The third-order valence-electron chi connectivity index (χ3n) is 3.96. The highest BCUT2D eigenvalue weighted by molar-refractivity contribution is 5.39. The van der Waals surface area contributed by atoms with E-state index >= 15 is 0 Å². The predicted octanol–water partition coefficient (Wildman–Crippen LogP) is 2.07. The van der Waals surface area contributed by atoms with Crippen molar-refractivity contribution in [3.8, 4) is 0 Å². The van der Waals surface area contributed by atoms with Crippen LogP contribution in [0.3, 0.4) is 0 Å². The average Bonchev–Trinajstić information content (AvgIpc) is 2.93. The van der Waals surface area contributed by atoms with Gasteiger partial charge in [0, 0.05) is 25.0 Å². The monoisotopic (exact) mass is 259 g/mol. The molecule has 2 aromatic rings. The SMILES string of the molecule is CC(C)(O)C1CCCN1Cc1cn2ccccc2n1. The molecular weight excluding hydrogens is 238 g/mol. The highest BCUT2D eigenvalue weighted by atomic mass is 16.3. The first-order valence-corrected chi connectivity index (χ1v) is 6.93. The van der Waals surface area contributed by atoms with E-state index in [1.165, 1.54) is 0 Å². The molecule has 0 saturated carbocycles. The standard InChI is InChI=1S/C15H21N3O/c1-15(2,19)13-6-5-9-17(13)10-12-11-18-8-4-3-7-14(18)16-12/h3-4,7-8,11,13,19H,5-6,9-10H2,1-2H3. The fourth-order valence-electron chi connectivity index (χ4n) is 3.09. The summed E-state index contributed by atoms with van der Waals surface area (Å²) in [7, 11) is 0. The summed E-state index contributed by atoms with van der Waals surface area (Å²) >= 11 is 0. The highest BCUT2D eigenvalue weighted by Gasteiger charge is 2.35. The Labute approximate surface area is 113 Å². The van der Waals surface area contributed by atoms with Gasteiger partial charge in [0.1, 0.15) is 5.65 Å². The third kappa shape index (κ3) is 2.51. The summed E-state index contributed by atoms with van der Waals surface area (Å²) in [5, 5.41) is 10.2. The van der Waals surface area contributed by atoms with Gasteiger partial charge in [-0.15, -0.1) is 0 Å². The summed E-state index contributed by atoms with van der Waals surface area (Å²) in [5.41, 5.74) is 1.41. The van der Waals surface area contributed by atoms with E-state index in [9.17, 15) is 5.11 Å². The number of hydrogen-bond acceptors (Lipinski definition) is 3. The minimum Gasteiger partial charge on any atom is -0.389 e. The Balaban J connectivity index is 1.80. The van der Waals surface area contributed by atoms with Crippen molar-refractivity contribution in [1.82, 2.24) is 14.3 Å². The minimum absolute atomic E-state index is 0.234. The van der Waals surface area contributed by atoms with Gasteiger partial charge in [-0.25, -0.2) is 4.98 Å². The zero-order valence-electron chi connectivity index (χ0n) is 11.6. The molecule has 2 aromatic heterocycles. The van der Waals surface area contributed by atoms with Gasteiger partial charge in [0.2, 0.25) is 0 Å². The zero-order chi connectivity index (χ0) is 13.5.